The van der Waals surface area contributed by atoms with Crippen LogP contribution in [0, 0.1) is 5.92 Å². The van der Waals surface area contributed by atoms with Crippen LogP contribution in [-0.2, 0) is 0 Å². The largest absolute Gasteiger partial charge is 0.387 e. The first-order chi connectivity index (χ1) is 7.81. The SMILES string of the molecule is FC1=C(N=C=S)CC(C2=CCNC=C2)C=C1. The van der Waals surface area contributed by atoms with E-state index in [9.17, 15) is 4.39 Å². The third-order valence-electron chi connectivity index (χ3n) is 2.62. The monoisotopic (exact) mass is 234 g/mol. The molecule has 0 radical (unpaired) electrons. The smallest absolute Gasteiger partial charge is 0.145 e. The Bertz CT molecular complexity index is 454. The number of hydrogen-bond acceptors (Lipinski definition) is 3. The van der Waals surface area contributed by atoms with Gasteiger partial charge in [0.15, 0.2) is 0 Å². The summed E-state index contributed by atoms with van der Waals surface area (Å²) in [6, 6.07) is 0. The number of hydrogen-bond donors (Lipinski definition) is 1. The Kier molecular flexibility index (Phi) is 3.44. The molecule has 0 aromatic carbocycles. The molecule has 16 heavy (non-hydrogen) atoms. The molecule has 1 aliphatic heterocycles. The normalized spacial score (nSPS) is 23.6. The summed E-state index contributed by atoms with van der Waals surface area (Å²) in [6.45, 7) is 0.814. The lowest BCUT2D eigenvalue weighted by Gasteiger charge is -2.19. The van der Waals surface area contributed by atoms with Crippen LogP contribution in [0.1, 0.15) is 6.42 Å². The molecule has 0 aromatic rings. The van der Waals surface area contributed by atoms with Crippen LogP contribution < -0.4 is 5.32 Å². The molecular weight excluding hydrogens is 223 g/mol. The van der Waals surface area contributed by atoms with Crippen LogP contribution in [0.25, 0.3) is 0 Å². The number of isothiocyanates is 1. The molecule has 2 rings (SSSR count). The van der Waals surface area contributed by atoms with E-state index in [0.29, 0.717) is 12.1 Å². The summed E-state index contributed by atoms with van der Waals surface area (Å²) in [4.78, 5) is 3.76. The molecule has 0 saturated carbocycles. The van der Waals surface area contributed by atoms with Gasteiger partial charge in [0.1, 0.15) is 5.83 Å². The number of halogens is 1. The molecule has 0 bridgehead atoms. The summed E-state index contributed by atoms with van der Waals surface area (Å²) in [5.41, 5.74) is 1.56. The topological polar surface area (TPSA) is 24.4 Å². The van der Waals surface area contributed by atoms with E-state index in [1.807, 2.05) is 18.4 Å². The van der Waals surface area contributed by atoms with Gasteiger partial charge in [0.05, 0.1) is 10.9 Å². The minimum Gasteiger partial charge on any atom is -0.387 e. The number of thiocarbonyl (C=S) groups is 1. The lowest BCUT2D eigenvalue weighted by atomic mass is 9.89. The van der Waals surface area contributed by atoms with Crippen molar-refractivity contribution in [3.63, 3.8) is 0 Å². The van der Waals surface area contributed by atoms with Crippen LogP contribution in [-0.4, -0.2) is 11.7 Å². The highest BCUT2D eigenvalue weighted by Gasteiger charge is 2.18. The fraction of sp³-hybridized carbons (Fsp3) is 0.250. The van der Waals surface area contributed by atoms with E-state index in [1.54, 1.807) is 0 Å². The summed E-state index contributed by atoms with van der Waals surface area (Å²) in [5.74, 6) is -0.132. The molecule has 1 N–H and O–H groups in total. The lowest BCUT2D eigenvalue weighted by molar-refractivity contribution is 0.608. The quantitative estimate of drug-likeness (QED) is 0.587. The molecule has 0 saturated heterocycles. The van der Waals surface area contributed by atoms with Crippen LogP contribution in [0.15, 0.2) is 52.6 Å². The van der Waals surface area contributed by atoms with Crippen LogP contribution in [0.2, 0.25) is 0 Å². The maximum Gasteiger partial charge on any atom is 0.145 e. The van der Waals surface area contributed by atoms with E-state index in [-0.39, 0.29) is 11.7 Å². The number of allylic oxidation sites excluding steroid dienone is 6. The van der Waals surface area contributed by atoms with Gasteiger partial charge in [-0.25, -0.2) is 4.39 Å². The van der Waals surface area contributed by atoms with E-state index in [0.717, 1.165) is 6.54 Å². The maximum absolute atomic E-state index is 13.3. The molecule has 1 heterocycles. The highest BCUT2D eigenvalue weighted by molar-refractivity contribution is 7.78. The van der Waals surface area contributed by atoms with Gasteiger partial charge in [-0.15, -0.1) is 0 Å². The van der Waals surface area contributed by atoms with E-state index in [4.69, 9.17) is 0 Å². The average Bonchev–Trinajstić information content (AvgIpc) is 2.33. The summed E-state index contributed by atoms with van der Waals surface area (Å²) in [6.07, 6.45) is 9.86. The van der Waals surface area contributed by atoms with Gasteiger partial charge < -0.3 is 5.32 Å². The van der Waals surface area contributed by atoms with Crippen LogP contribution in [0.5, 0.6) is 0 Å². The van der Waals surface area contributed by atoms with Gasteiger partial charge in [-0.05, 0) is 36.1 Å². The third kappa shape index (κ3) is 2.35. The Hall–Kier alpha value is -1.51. The predicted octanol–water partition coefficient (Wildman–Crippen LogP) is 2.89. The van der Waals surface area contributed by atoms with Gasteiger partial charge in [0, 0.05) is 18.9 Å². The number of aliphatic imine (C=N–C) groups is 1. The Morgan fingerprint density at radius 3 is 3.06 bits per heavy atom. The van der Waals surface area contributed by atoms with Gasteiger partial charge in [0.25, 0.3) is 0 Å². The number of nitrogens with one attached hydrogen (secondary N) is 1. The van der Waals surface area contributed by atoms with Crippen molar-refractivity contribution in [1.82, 2.24) is 5.32 Å². The van der Waals surface area contributed by atoms with Crippen LogP contribution >= 0.6 is 12.2 Å². The third-order valence-corrected chi connectivity index (χ3v) is 2.71. The maximum atomic E-state index is 13.3. The van der Waals surface area contributed by atoms with E-state index in [1.165, 1.54) is 11.6 Å². The highest BCUT2D eigenvalue weighted by Crippen LogP contribution is 2.30. The molecule has 1 atom stereocenters. The second-order valence-corrected chi connectivity index (χ2v) is 3.80. The molecule has 2 aliphatic rings. The van der Waals surface area contributed by atoms with Gasteiger partial charge in [0.2, 0.25) is 0 Å². The number of rotatable bonds is 2. The Labute approximate surface area is 99.0 Å². The molecule has 0 amide bonds. The minimum atomic E-state index is -0.313. The van der Waals surface area contributed by atoms with Crippen LogP contribution in [0.4, 0.5) is 4.39 Å². The zero-order chi connectivity index (χ0) is 11.4. The van der Waals surface area contributed by atoms with Gasteiger partial charge in [-0.2, -0.15) is 4.99 Å². The van der Waals surface area contributed by atoms with Crippen LogP contribution in [0.3, 0.4) is 0 Å². The highest BCUT2D eigenvalue weighted by atomic mass is 32.1. The summed E-state index contributed by atoms with van der Waals surface area (Å²) >= 11 is 4.50. The molecule has 4 heteroatoms. The Morgan fingerprint density at radius 2 is 2.38 bits per heavy atom. The van der Waals surface area contributed by atoms with Gasteiger partial charge in [-0.1, -0.05) is 12.2 Å². The zero-order valence-electron chi connectivity index (χ0n) is 8.61. The molecular formula is C12H11FN2S. The molecule has 0 aromatic heterocycles. The number of dihydropyridines is 1. The van der Waals surface area contributed by atoms with Crippen molar-refractivity contribution in [1.29, 1.82) is 0 Å². The van der Waals surface area contributed by atoms with Crippen molar-refractivity contribution in [3.05, 3.63) is 47.6 Å². The van der Waals surface area contributed by atoms with Gasteiger partial charge >= 0.3 is 0 Å². The molecule has 2 nitrogen and oxygen atoms in total. The molecule has 1 aliphatic carbocycles. The first-order valence-corrected chi connectivity index (χ1v) is 5.47. The van der Waals surface area contributed by atoms with Crippen molar-refractivity contribution >= 4 is 17.4 Å². The molecule has 0 fully saturated rings. The number of nitrogens with zero attached hydrogens (tertiary/aromatic N) is 1. The van der Waals surface area contributed by atoms with Crippen molar-refractivity contribution in [2.45, 2.75) is 6.42 Å². The first kappa shape index (κ1) is 11.0. The summed E-state index contributed by atoms with van der Waals surface area (Å²) in [7, 11) is 0. The van der Waals surface area contributed by atoms with Gasteiger partial charge in [-0.3, -0.25) is 0 Å². The summed E-state index contributed by atoms with van der Waals surface area (Å²) in [5, 5.41) is 5.30. The van der Waals surface area contributed by atoms with Crippen molar-refractivity contribution in [3.8, 4) is 0 Å². The summed E-state index contributed by atoms with van der Waals surface area (Å²) < 4.78 is 13.3. The standard InChI is InChI=1S/C12H11FN2S/c13-11-2-1-10(7-12(11)15-8-16)9-3-5-14-6-4-9/h1-5,10,14H,6-7H2. The second-order valence-electron chi connectivity index (χ2n) is 3.61. The zero-order valence-corrected chi connectivity index (χ0v) is 9.43. The lowest BCUT2D eigenvalue weighted by Crippen LogP contribution is -2.13. The minimum absolute atomic E-state index is 0.181. The Morgan fingerprint density at radius 1 is 1.50 bits per heavy atom. The average molecular weight is 234 g/mol. The predicted molar refractivity (Wildman–Crippen MR) is 65.6 cm³/mol. The first-order valence-electron chi connectivity index (χ1n) is 5.06. The van der Waals surface area contributed by atoms with E-state index in [2.05, 4.69) is 33.8 Å². The fourth-order valence-corrected chi connectivity index (χ4v) is 1.91. The van der Waals surface area contributed by atoms with E-state index < -0.39 is 0 Å². The molecule has 82 valence electrons. The second kappa shape index (κ2) is 5.01. The van der Waals surface area contributed by atoms with Crippen molar-refractivity contribution in [2.75, 3.05) is 6.54 Å². The van der Waals surface area contributed by atoms with E-state index >= 15 is 0 Å². The van der Waals surface area contributed by atoms with Crippen molar-refractivity contribution in [2.24, 2.45) is 10.9 Å². The Balaban J connectivity index is 2.18. The molecule has 1 unspecified atom stereocenters. The van der Waals surface area contributed by atoms with Crippen molar-refractivity contribution < 1.29 is 4.39 Å². The molecule has 0 spiro atoms. The fourth-order valence-electron chi connectivity index (χ4n) is 1.80.